The lowest BCUT2D eigenvalue weighted by Crippen LogP contribution is -2.19. The van der Waals surface area contributed by atoms with Gasteiger partial charge in [0.2, 0.25) is 0 Å². The summed E-state index contributed by atoms with van der Waals surface area (Å²) in [6.45, 7) is 3.91. The van der Waals surface area contributed by atoms with Gasteiger partial charge in [0.05, 0.1) is 0 Å². The normalized spacial score (nSPS) is 22.2. The second-order valence-electron chi connectivity index (χ2n) is 4.97. The first-order valence-electron chi connectivity index (χ1n) is 6.37. The summed E-state index contributed by atoms with van der Waals surface area (Å²) < 4.78 is 0. The van der Waals surface area contributed by atoms with Crippen LogP contribution in [0.15, 0.2) is 30.0 Å². The van der Waals surface area contributed by atoms with Gasteiger partial charge in [0, 0.05) is 23.4 Å². The Bertz CT molecular complexity index is 491. The Labute approximate surface area is 108 Å². The van der Waals surface area contributed by atoms with Gasteiger partial charge in [-0.05, 0) is 49.9 Å². The number of Topliss-reactive ketones (excluding diaryl/α,β-unsaturated/α-hetero) is 1. The molecule has 0 amide bonds. The largest absolute Gasteiger partial charge is 0.508 e. The molecule has 0 spiro atoms. The van der Waals surface area contributed by atoms with Crippen LogP contribution in [0, 0.1) is 12.8 Å². The zero-order chi connectivity index (χ0) is 13.1. The molecule has 96 valence electrons. The van der Waals surface area contributed by atoms with Crippen molar-refractivity contribution in [3.63, 3.8) is 0 Å². The fourth-order valence-corrected chi connectivity index (χ4v) is 2.29. The Hall–Kier alpha value is -1.77. The van der Waals surface area contributed by atoms with Gasteiger partial charge in [-0.15, -0.1) is 0 Å². The highest BCUT2D eigenvalue weighted by atomic mass is 16.3. The van der Waals surface area contributed by atoms with Crippen LogP contribution in [0.2, 0.25) is 0 Å². The summed E-state index contributed by atoms with van der Waals surface area (Å²) in [6, 6.07) is 5.16. The molecule has 0 aromatic heterocycles. The van der Waals surface area contributed by atoms with Crippen LogP contribution < -0.4 is 5.32 Å². The van der Waals surface area contributed by atoms with Crippen LogP contribution in [-0.4, -0.2) is 10.9 Å². The van der Waals surface area contributed by atoms with E-state index in [0.29, 0.717) is 0 Å². The molecular weight excluding hydrogens is 226 g/mol. The fraction of sp³-hybridized carbons (Fsp3) is 0.400. The summed E-state index contributed by atoms with van der Waals surface area (Å²) in [5.74, 6) is 0.658. The molecule has 3 nitrogen and oxygen atoms in total. The molecule has 1 aromatic carbocycles. The Morgan fingerprint density at radius 3 is 2.94 bits per heavy atom. The van der Waals surface area contributed by atoms with E-state index in [1.165, 1.54) is 0 Å². The number of carbonyl (C=O) groups excluding carboxylic acids is 1. The molecule has 0 aliphatic heterocycles. The number of ketones is 1. The zero-order valence-corrected chi connectivity index (χ0v) is 10.9. The molecule has 0 bridgehead atoms. The van der Waals surface area contributed by atoms with Crippen molar-refractivity contribution in [2.24, 2.45) is 5.92 Å². The molecule has 2 rings (SSSR count). The van der Waals surface area contributed by atoms with Crippen LogP contribution in [0.25, 0.3) is 0 Å². The van der Waals surface area contributed by atoms with Crippen LogP contribution in [0.3, 0.4) is 0 Å². The quantitative estimate of drug-likeness (QED) is 0.620. The first-order valence-corrected chi connectivity index (χ1v) is 6.37. The van der Waals surface area contributed by atoms with Crippen molar-refractivity contribution >= 4 is 11.5 Å². The van der Waals surface area contributed by atoms with Crippen LogP contribution in [0.5, 0.6) is 5.75 Å². The van der Waals surface area contributed by atoms with Gasteiger partial charge in [-0.1, -0.05) is 6.92 Å². The lowest BCUT2D eigenvalue weighted by Gasteiger charge is -2.19. The Balaban J connectivity index is 2.12. The summed E-state index contributed by atoms with van der Waals surface area (Å²) in [7, 11) is 0. The number of benzene rings is 1. The van der Waals surface area contributed by atoms with Crippen molar-refractivity contribution < 1.29 is 9.90 Å². The maximum absolute atomic E-state index is 11.9. The summed E-state index contributed by atoms with van der Waals surface area (Å²) in [5.41, 5.74) is 2.76. The third-order valence-corrected chi connectivity index (χ3v) is 3.46. The number of carbonyl (C=O) groups is 1. The number of anilines is 1. The predicted molar refractivity (Wildman–Crippen MR) is 72.6 cm³/mol. The fourth-order valence-electron chi connectivity index (χ4n) is 2.29. The topological polar surface area (TPSA) is 49.3 Å². The maximum atomic E-state index is 11.9. The molecular formula is C15H19NO2. The average Bonchev–Trinajstić information content (AvgIpc) is 2.33. The van der Waals surface area contributed by atoms with Crippen molar-refractivity contribution in [1.82, 2.24) is 0 Å². The molecule has 0 heterocycles. The number of allylic oxidation sites excluding steroid dienone is 1. The van der Waals surface area contributed by atoms with Gasteiger partial charge in [0.25, 0.3) is 0 Å². The molecule has 1 saturated carbocycles. The Morgan fingerprint density at radius 1 is 1.44 bits per heavy atom. The monoisotopic (exact) mass is 245 g/mol. The van der Waals surface area contributed by atoms with Gasteiger partial charge in [-0.2, -0.15) is 0 Å². The molecule has 1 atom stereocenters. The molecule has 18 heavy (non-hydrogen) atoms. The highest BCUT2D eigenvalue weighted by Gasteiger charge is 2.22. The van der Waals surface area contributed by atoms with E-state index in [1.807, 2.05) is 26.1 Å². The van der Waals surface area contributed by atoms with Gasteiger partial charge >= 0.3 is 0 Å². The SMILES string of the molecule is Cc1cc(O)ccc1N/C=C1\CCCC(C)C1=O. The van der Waals surface area contributed by atoms with Crippen molar-refractivity contribution in [2.45, 2.75) is 33.1 Å². The summed E-state index contributed by atoms with van der Waals surface area (Å²) in [6.07, 6.45) is 4.74. The maximum Gasteiger partial charge on any atom is 0.163 e. The second-order valence-corrected chi connectivity index (χ2v) is 4.97. The van der Waals surface area contributed by atoms with E-state index >= 15 is 0 Å². The lowest BCUT2D eigenvalue weighted by atomic mass is 9.86. The van der Waals surface area contributed by atoms with Crippen molar-refractivity contribution in [3.05, 3.63) is 35.5 Å². The van der Waals surface area contributed by atoms with Crippen LogP contribution >= 0.6 is 0 Å². The summed E-state index contributed by atoms with van der Waals surface area (Å²) in [5, 5.41) is 12.5. The Morgan fingerprint density at radius 2 is 2.22 bits per heavy atom. The molecule has 0 radical (unpaired) electrons. The highest BCUT2D eigenvalue weighted by Crippen LogP contribution is 2.26. The van der Waals surface area contributed by atoms with E-state index in [1.54, 1.807) is 12.1 Å². The third kappa shape index (κ3) is 2.73. The minimum absolute atomic E-state index is 0.146. The van der Waals surface area contributed by atoms with E-state index in [-0.39, 0.29) is 17.5 Å². The van der Waals surface area contributed by atoms with Crippen LogP contribution in [-0.2, 0) is 4.79 Å². The molecule has 3 heteroatoms. The molecule has 1 aliphatic rings. The lowest BCUT2D eigenvalue weighted by molar-refractivity contribution is -0.119. The minimum Gasteiger partial charge on any atom is -0.508 e. The first-order chi connectivity index (χ1) is 8.58. The van der Waals surface area contributed by atoms with Gasteiger partial charge in [-0.3, -0.25) is 4.79 Å². The molecule has 1 aliphatic carbocycles. The first kappa shape index (κ1) is 12.7. The van der Waals surface area contributed by atoms with E-state index in [2.05, 4.69) is 5.32 Å². The van der Waals surface area contributed by atoms with Gasteiger partial charge in [-0.25, -0.2) is 0 Å². The van der Waals surface area contributed by atoms with Crippen molar-refractivity contribution in [2.75, 3.05) is 5.32 Å². The number of aryl methyl sites for hydroxylation is 1. The number of hydrogen-bond acceptors (Lipinski definition) is 3. The number of phenols is 1. The van der Waals surface area contributed by atoms with Crippen molar-refractivity contribution in [3.8, 4) is 5.75 Å². The van der Waals surface area contributed by atoms with E-state index in [4.69, 9.17) is 0 Å². The number of aromatic hydroxyl groups is 1. The summed E-state index contributed by atoms with van der Waals surface area (Å²) in [4.78, 5) is 11.9. The number of rotatable bonds is 2. The minimum atomic E-state index is 0.146. The predicted octanol–water partition coefficient (Wildman–Crippen LogP) is 3.39. The van der Waals surface area contributed by atoms with Crippen LogP contribution in [0.4, 0.5) is 5.69 Å². The van der Waals surface area contributed by atoms with E-state index in [0.717, 1.165) is 36.1 Å². The number of nitrogens with one attached hydrogen (secondary N) is 1. The van der Waals surface area contributed by atoms with E-state index < -0.39 is 0 Å². The molecule has 1 fully saturated rings. The van der Waals surface area contributed by atoms with Crippen LogP contribution in [0.1, 0.15) is 31.7 Å². The summed E-state index contributed by atoms with van der Waals surface area (Å²) >= 11 is 0. The average molecular weight is 245 g/mol. The Kier molecular flexibility index (Phi) is 3.70. The van der Waals surface area contributed by atoms with Gasteiger partial charge in [0.1, 0.15) is 5.75 Å². The second kappa shape index (κ2) is 5.25. The van der Waals surface area contributed by atoms with Crippen molar-refractivity contribution in [1.29, 1.82) is 0 Å². The zero-order valence-electron chi connectivity index (χ0n) is 10.9. The highest BCUT2D eigenvalue weighted by molar-refractivity contribution is 5.97. The molecule has 1 unspecified atom stereocenters. The molecule has 1 aromatic rings. The van der Waals surface area contributed by atoms with E-state index in [9.17, 15) is 9.90 Å². The smallest absolute Gasteiger partial charge is 0.163 e. The standard InChI is InChI=1S/C15H19NO2/c1-10-4-3-5-12(15(10)18)9-16-14-7-6-13(17)8-11(14)2/h6-10,16-17H,3-5H2,1-2H3/b12-9+. The van der Waals surface area contributed by atoms with Gasteiger partial charge in [0.15, 0.2) is 5.78 Å². The third-order valence-electron chi connectivity index (χ3n) is 3.46. The number of hydrogen-bond donors (Lipinski definition) is 2. The molecule has 2 N–H and O–H groups in total. The molecule has 0 saturated heterocycles. The van der Waals surface area contributed by atoms with Gasteiger partial charge < -0.3 is 10.4 Å². The number of phenolic OH excluding ortho intramolecular Hbond substituents is 1.